The smallest absolute Gasteiger partial charge is 0.0836 e. The van der Waals surface area contributed by atoms with Crippen LogP contribution in [0, 0.1) is 6.61 Å². The number of unbranched alkanes of at least 4 members (excludes halogenated alkanes) is 31. The van der Waals surface area contributed by atoms with E-state index in [1.54, 1.807) is 0 Å². The summed E-state index contributed by atoms with van der Waals surface area (Å²) in [5.74, 6) is 0. The highest BCUT2D eigenvalue weighted by Gasteiger charge is 1.97. The van der Waals surface area contributed by atoms with Crippen LogP contribution in [0.2, 0.25) is 0 Å². The molecule has 0 aliphatic rings. The van der Waals surface area contributed by atoms with E-state index in [0.29, 0.717) is 0 Å². The molecule has 229 valence electrons. The van der Waals surface area contributed by atoms with E-state index in [1.165, 1.54) is 205 Å². The third-order valence-electron chi connectivity index (χ3n) is 8.41. The lowest BCUT2D eigenvalue weighted by Crippen LogP contribution is -1.92. The van der Waals surface area contributed by atoms with E-state index in [2.05, 4.69) is 20.5 Å². The number of hydrogen-bond acceptors (Lipinski definition) is 1. The molecule has 1 heteroatoms. The van der Waals surface area contributed by atoms with E-state index in [4.69, 9.17) is 4.74 Å². The summed E-state index contributed by atoms with van der Waals surface area (Å²) in [5.41, 5.74) is 0. The van der Waals surface area contributed by atoms with E-state index >= 15 is 0 Å². The fraction of sp³-hybridized carbons (Fsp3) is 0.973. The molecular formula is C37H75O. The lowest BCUT2D eigenvalue weighted by molar-refractivity contribution is 0.183. The zero-order chi connectivity index (χ0) is 27.5. The molecule has 0 aliphatic carbocycles. The molecule has 0 aromatic heterocycles. The minimum atomic E-state index is 0.938. The Morgan fingerprint density at radius 3 is 0.816 bits per heavy atom. The first-order valence-corrected chi connectivity index (χ1v) is 18.3. The van der Waals surface area contributed by atoms with Gasteiger partial charge in [-0.3, -0.25) is 0 Å². The van der Waals surface area contributed by atoms with Crippen molar-refractivity contribution in [2.24, 2.45) is 0 Å². The number of rotatable bonds is 35. The van der Waals surface area contributed by atoms with E-state index < -0.39 is 0 Å². The average molecular weight is 536 g/mol. The normalized spacial score (nSPS) is 11.5. The van der Waals surface area contributed by atoms with Crippen LogP contribution >= 0.6 is 0 Å². The molecule has 0 aliphatic heterocycles. The zero-order valence-corrected chi connectivity index (χ0v) is 27.0. The molecule has 0 atom stereocenters. The van der Waals surface area contributed by atoms with Crippen molar-refractivity contribution in [3.05, 3.63) is 6.61 Å². The summed E-state index contributed by atoms with van der Waals surface area (Å²) in [7, 11) is 0. The molecule has 0 fully saturated rings. The average Bonchev–Trinajstić information content (AvgIpc) is 2.93. The lowest BCUT2D eigenvalue weighted by atomic mass is 10.0. The summed E-state index contributed by atoms with van der Waals surface area (Å²) in [4.78, 5) is 0. The molecule has 0 heterocycles. The van der Waals surface area contributed by atoms with Gasteiger partial charge in [-0.05, 0) is 12.8 Å². The van der Waals surface area contributed by atoms with Crippen LogP contribution in [-0.4, -0.2) is 6.61 Å². The van der Waals surface area contributed by atoms with Crippen molar-refractivity contribution in [1.82, 2.24) is 0 Å². The van der Waals surface area contributed by atoms with Gasteiger partial charge in [0.2, 0.25) is 0 Å². The minimum absolute atomic E-state index is 0.938. The first-order valence-electron chi connectivity index (χ1n) is 18.3. The fourth-order valence-corrected chi connectivity index (χ4v) is 5.68. The summed E-state index contributed by atoms with van der Waals surface area (Å²) >= 11 is 0. The van der Waals surface area contributed by atoms with Gasteiger partial charge in [-0.2, -0.15) is 0 Å². The molecule has 0 spiro atoms. The molecule has 0 aromatic rings. The standard InChI is InChI=1S/C37H75O/c1-3-5-7-9-11-12-13-14-15-16-17-18-19-20-21-22-23-24-25-26-27-28-29-31-33-35-37-38-36-34-32-30-10-8-6-4-2/h37H,3-36H2,1-2H3. The van der Waals surface area contributed by atoms with Gasteiger partial charge in [0.25, 0.3) is 0 Å². The number of hydrogen-bond donors (Lipinski definition) is 0. The summed E-state index contributed by atoms with van der Waals surface area (Å²) in [6, 6.07) is 0. The molecule has 0 amide bonds. The molecule has 0 unspecified atom stereocenters. The minimum Gasteiger partial charge on any atom is -0.376 e. The largest absolute Gasteiger partial charge is 0.376 e. The van der Waals surface area contributed by atoms with Gasteiger partial charge in [-0.15, -0.1) is 0 Å². The monoisotopic (exact) mass is 536 g/mol. The third kappa shape index (κ3) is 36.0. The summed E-state index contributed by atoms with van der Waals surface area (Å²) in [5, 5.41) is 0. The number of ether oxygens (including phenoxy) is 1. The maximum absolute atomic E-state index is 5.69. The van der Waals surface area contributed by atoms with Crippen molar-refractivity contribution in [1.29, 1.82) is 0 Å². The molecule has 0 rings (SSSR count). The lowest BCUT2D eigenvalue weighted by Gasteiger charge is -2.05. The van der Waals surface area contributed by atoms with Crippen molar-refractivity contribution < 1.29 is 4.74 Å². The Bertz CT molecular complexity index is 343. The molecule has 38 heavy (non-hydrogen) atoms. The first kappa shape index (κ1) is 38.0. The second-order valence-electron chi connectivity index (χ2n) is 12.4. The van der Waals surface area contributed by atoms with Crippen LogP contribution in [-0.2, 0) is 4.74 Å². The summed E-state index contributed by atoms with van der Waals surface area (Å²) in [6.07, 6.45) is 47.2. The molecule has 0 saturated heterocycles. The van der Waals surface area contributed by atoms with Crippen LogP contribution in [0.3, 0.4) is 0 Å². The fourth-order valence-electron chi connectivity index (χ4n) is 5.68. The van der Waals surface area contributed by atoms with Gasteiger partial charge in [0, 0.05) is 6.61 Å². The molecule has 0 N–H and O–H groups in total. The predicted molar refractivity (Wildman–Crippen MR) is 174 cm³/mol. The highest BCUT2D eigenvalue weighted by atomic mass is 16.5. The Morgan fingerprint density at radius 1 is 0.289 bits per heavy atom. The third-order valence-corrected chi connectivity index (χ3v) is 8.41. The van der Waals surface area contributed by atoms with Crippen molar-refractivity contribution in [2.75, 3.05) is 6.61 Å². The van der Waals surface area contributed by atoms with E-state index in [-0.39, 0.29) is 0 Å². The van der Waals surface area contributed by atoms with Crippen LogP contribution in [0.4, 0.5) is 0 Å². The second-order valence-corrected chi connectivity index (χ2v) is 12.4. The van der Waals surface area contributed by atoms with Gasteiger partial charge in [0.15, 0.2) is 0 Å². The Hall–Kier alpha value is -0.0400. The van der Waals surface area contributed by atoms with Crippen molar-refractivity contribution in [3.8, 4) is 0 Å². The predicted octanol–water partition coefficient (Wildman–Crippen LogP) is 14.1. The molecular weight excluding hydrogens is 460 g/mol. The molecule has 0 aromatic carbocycles. The van der Waals surface area contributed by atoms with Gasteiger partial charge in [0.05, 0.1) is 6.61 Å². The van der Waals surface area contributed by atoms with Crippen LogP contribution in [0.25, 0.3) is 0 Å². The van der Waals surface area contributed by atoms with Crippen molar-refractivity contribution in [2.45, 2.75) is 226 Å². The van der Waals surface area contributed by atoms with Crippen LogP contribution in [0.5, 0.6) is 0 Å². The van der Waals surface area contributed by atoms with Crippen LogP contribution < -0.4 is 0 Å². The maximum Gasteiger partial charge on any atom is 0.0836 e. The summed E-state index contributed by atoms with van der Waals surface area (Å²) in [6.45, 7) is 7.61. The topological polar surface area (TPSA) is 9.23 Å². The van der Waals surface area contributed by atoms with Crippen LogP contribution in [0.1, 0.15) is 226 Å². The van der Waals surface area contributed by atoms with Gasteiger partial charge >= 0.3 is 0 Å². The van der Waals surface area contributed by atoms with E-state index in [1.807, 2.05) is 0 Å². The molecule has 0 saturated carbocycles. The van der Waals surface area contributed by atoms with E-state index in [0.717, 1.165) is 13.0 Å². The molecule has 1 nitrogen and oxygen atoms in total. The first-order chi connectivity index (χ1) is 18.9. The highest BCUT2D eigenvalue weighted by Crippen LogP contribution is 2.16. The zero-order valence-electron chi connectivity index (χ0n) is 27.0. The van der Waals surface area contributed by atoms with Gasteiger partial charge < -0.3 is 4.74 Å². The van der Waals surface area contributed by atoms with Crippen molar-refractivity contribution >= 4 is 0 Å². The quantitative estimate of drug-likeness (QED) is 0.0733. The maximum atomic E-state index is 5.69. The Labute approximate surface area is 243 Å². The van der Waals surface area contributed by atoms with Crippen LogP contribution in [0.15, 0.2) is 0 Å². The molecule has 1 radical (unpaired) electrons. The second kappa shape index (κ2) is 37.0. The van der Waals surface area contributed by atoms with E-state index in [9.17, 15) is 0 Å². The van der Waals surface area contributed by atoms with Gasteiger partial charge in [-0.1, -0.05) is 213 Å². The Balaban J connectivity index is 3.01. The SMILES string of the molecule is CCCCCCCCCCCCCCCCCCCCCCCCCCC[CH]OCCCCCCCCC. The van der Waals surface area contributed by atoms with Gasteiger partial charge in [0.1, 0.15) is 0 Å². The van der Waals surface area contributed by atoms with Crippen molar-refractivity contribution in [3.63, 3.8) is 0 Å². The Morgan fingerprint density at radius 2 is 0.526 bits per heavy atom. The molecule has 0 bridgehead atoms. The highest BCUT2D eigenvalue weighted by molar-refractivity contribution is 4.55. The Kier molecular flexibility index (Phi) is 36.9. The van der Waals surface area contributed by atoms with Gasteiger partial charge in [-0.25, -0.2) is 0 Å². The summed E-state index contributed by atoms with van der Waals surface area (Å²) < 4.78 is 5.69.